The Morgan fingerprint density at radius 1 is 0.500 bits per heavy atom. The molecule has 1 atom stereocenters. The largest absolute Gasteiger partial charge is 0.462 e. The lowest BCUT2D eigenvalue weighted by Crippen LogP contribution is -2.28. The Morgan fingerprint density at radius 2 is 0.841 bits per heavy atom. The molecule has 0 aromatic carbocycles. The van der Waals surface area contributed by atoms with E-state index in [1.807, 2.05) is 0 Å². The Kier molecular flexibility index (Phi) is 33.9. The molecule has 5 heteroatoms. The third-order valence-corrected chi connectivity index (χ3v) is 8.83. The average Bonchev–Trinajstić information content (AvgIpc) is 3.01. The fourth-order valence-corrected chi connectivity index (χ4v) is 5.86. The number of carbonyl (C=O) groups excluding carboxylic acids is 2. The molecule has 0 aliphatic rings. The van der Waals surface area contributed by atoms with Crippen LogP contribution in [0.5, 0.6) is 0 Å². The van der Waals surface area contributed by atoms with Crippen molar-refractivity contribution in [2.75, 3.05) is 13.2 Å². The molecule has 1 N–H and O–H groups in total. The minimum Gasteiger partial charge on any atom is -0.462 e. The van der Waals surface area contributed by atoms with E-state index in [0.717, 1.165) is 38.0 Å². The normalized spacial score (nSPS) is 12.1. The van der Waals surface area contributed by atoms with Gasteiger partial charge in [0.2, 0.25) is 0 Å². The standard InChI is InChI=1S/C39H76O5/c1-4-5-6-7-8-9-10-11-12-13-14-15-16-17-20-23-26-29-32-38(41)43-35-37(34-40)44-39(42)33-30-27-24-21-18-19-22-25-28-31-36(2)3/h36-37,40H,4-35H2,1-3H3/t37-/m0/s1. The molecule has 0 rings (SSSR count). The average molecular weight is 625 g/mol. The van der Waals surface area contributed by atoms with E-state index in [-0.39, 0.29) is 25.2 Å². The Balaban J connectivity index is 3.48. The number of hydrogen-bond donors (Lipinski definition) is 1. The molecule has 262 valence electrons. The first kappa shape index (κ1) is 42.9. The summed E-state index contributed by atoms with van der Waals surface area (Å²) in [6.45, 7) is 6.48. The Bertz CT molecular complexity index is 605. The molecule has 0 bridgehead atoms. The molecule has 0 amide bonds. The van der Waals surface area contributed by atoms with E-state index in [4.69, 9.17) is 9.47 Å². The van der Waals surface area contributed by atoms with Crippen molar-refractivity contribution < 1.29 is 24.2 Å². The van der Waals surface area contributed by atoms with Gasteiger partial charge in [-0.1, -0.05) is 188 Å². The topological polar surface area (TPSA) is 72.8 Å². The summed E-state index contributed by atoms with van der Waals surface area (Å²) in [5.41, 5.74) is 0. The van der Waals surface area contributed by atoms with E-state index in [9.17, 15) is 14.7 Å². The highest BCUT2D eigenvalue weighted by atomic mass is 16.6. The third kappa shape index (κ3) is 33.8. The van der Waals surface area contributed by atoms with Gasteiger partial charge >= 0.3 is 11.9 Å². The fraction of sp³-hybridized carbons (Fsp3) is 0.949. The van der Waals surface area contributed by atoms with Crippen LogP contribution >= 0.6 is 0 Å². The number of ether oxygens (including phenoxy) is 2. The van der Waals surface area contributed by atoms with Crippen molar-refractivity contribution in [2.45, 2.75) is 219 Å². The predicted octanol–water partition coefficient (Wildman–Crippen LogP) is 11.8. The van der Waals surface area contributed by atoms with Gasteiger partial charge in [-0.3, -0.25) is 9.59 Å². The van der Waals surface area contributed by atoms with E-state index >= 15 is 0 Å². The number of aliphatic hydroxyl groups excluding tert-OH is 1. The van der Waals surface area contributed by atoms with Gasteiger partial charge in [0.05, 0.1) is 6.61 Å². The maximum atomic E-state index is 12.1. The second-order valence-corrected chi connectivity index (χ2v) is 13.9. The van der Waals surface area contributed by atoms with Crippen molar-refractivity contribution in [1.29, 1.82) is 0 Å². The number of rotatable bonds is 35. The number of esters is 2. The lowest BCUT2D eigenvalue weighted by molar-refractivity contribution is -0.161. The second-order valence-electron chi connectivity index (χ2n) is 13.9. The van der Waals surface area contributed by atoms with Gasteiger partial charge in [0.25, 0.3) is 0 Å². The first-order chi connectivity index (χ1) is 21.5. The fourth-order valence-electron chi connectivity index (χ4n) is 5.86. The molecule has 0 unspecified atom stereocenters. The number of aliphatic hydroxyl groups is 1. The molecule has 0 fully saturated rings. The van der Waals surface area contributed by atoms with Gasteiger partial charge in [-0.2, -0.15) is 0 Å². The summed E-state index contributed by atoms with van der Waals surface area (Å²) in [5, 5.41) is 9.53. The Labute approximate surface area is 274 Å². The van der Waals surface area contributed by atoms with E-state index in [2.05, 4.69) is 20.8 Å². The van der Waals surface area contributed by atoms with Crippen LogP contribution in [0.25, 0.3) is 0 Å². The van der Waals surface area contributed by atoms with Crippen molar-refractivity contribution in [2.24, 2.45) is 5.92 Å². The minimum absolute atomic E-state index is 0.0582. The van der Waals surface area contributed by atoms with Gasteiger partial charge in [0, 0.05) is 12.8 Å². The van der Waals surface area contributed by atoms with Gasteiger partial charge in [0.15, 0.2) is 6.10 Å². The van der Waals surface area contributed by atoms with E-state index in [0.29, 0.717) is 12.8 Å². The third-order valence-electron chi connectivity index (χ3n) is 8.83. The Hall–Kier alpha value is -1.10. The molecule has 0 aromatic rings. The molecular weight excluding hydrogens is 548 g/mol. The van der Waals surface area contributed by atoms with Crippen LogP contribution in [0.2, 0.25) is 0 Å². The zero-order chi connectivity index (χ0) is 32.4. The van der Waals surface area contributed by atoms with Crippen molar-refractivity contribution in [3.63, 3.8) is 0 Å². The minimum atomic E-state index is -0.762. The van der Waals surface area contributed by atoms with E-state index in [1.54, 1.807) is 0 Å². The van der Waals surface area contributed by atoms with Gasteiger partial charge < -0.3 is 14.6 Å². The maximum Gasteiger partial charge on any atom is 0.306 e. The van der Waals surface area contributed by atoms with Crippen molar-refractivity contribution in [1.82, 2.24) is 0 Å². The highest BCUT2D eigenvalue weighted by Gasteiger charge is 2.16. The summed E-state index contributed by atoms with van der Waals surface area (Å²) >= 11 is 0. The van der Waals surface area contributed by atoms with E-state index in [1.165, 1.54) is 148 Å². The molecule has 0 aliphatic heterocycles. The molecule has 5 nitrogen and oxygen atoms in total. The molecular formula is C39H76O5. The van der Waals surface area contributed by atoms with Gasteiger partial charge in [-0.15, -0.1) is 0 Å². The van der Waals surface area contributed by atoms with Gasteiger partial charge in [-0.25, -0.2) is 0 Å². The zero-order valence-corrected chi connectivity index (χ0v) is 29.9. The van der Waals surface area contributed by atoms with Crippen LogP contribution in [0, 0.1) is 5.92 Å². The van der Waals surface area contributed by atoms with Crippen LogP contribution in [0.15, 0.2) is 0 Å². The Morgan fingerprint density at radius 3 is 1.20 bits per heavy atom. The van der Waals surface area contributed by atoms with Crippen LogP contribution in [-0.2, 0) is 19.1 Å². The molecule has 0 saturated heterocycles. The summed E-state index contributed by atoms with van der Waals surface area (Å²) in [5.74, 6) is 0.238. The SMILES string of the molecule is CCCCCCCCCCCCCCCCCCCCC(=O)OC[C@H](CO)OC(=O)CCCCCCCCCCCC(C)C. The van der Waals surface area contributed by atoms with Crippen LogP contribution in [0.1, 0.15) is 213 Å². The van der Waals surface area contributed by atoms with Gasteiger partial charge in [0.1, 0.15) is 6.61 Å². The first-order valence-electron chi connectivity index (χ1n) is 19.5. The first-order valence-corrected chi connectivity index (χ1v) is 19.5. The lowest BCUT2D eigenvalue weighted by Gasteiger charge is -2.15. The highest BCUT2D eigenvalue weighted by Crippen LogP contribution is 2.16. The monoisotopic (exact) mass is 625 g/mol. The molecule has 0 radical (unpaired) electrons. The number of carbonyl (C=O) groups is 2. The smallest absolute Gasteiger partial charge is 0.306 e. The highest BCUT2D eigenvalue weighted by molar-refractivity contribution is 5.70. The van der Waals surface area contributed by atoms with Crippen molar-refractivity contribution in [3.8, 4) is 0 Å². The van der Waals surface area contributed by atoms with Crippen LogP contribution in [-0.4, -0.2) is 36.4 Å². The molecule has 0 spiro atoms. The second kappa shape index (κ2) is 34.8. The lowest BCUT2D eigenvalue weighted by atomic mass is 10.0. The number of hydrogen-bond acceptors (Lipinski definition) is 5. The van der Waals surface area contributed by atoms with Crippen LogP contribution in [0.4, 0.5) is 0 Å². The summed E-state index contributed by atoms with van der Waals surface area (Å²) < 4.78 is 10.6. The molecule has 0 saturated carbocycles. The number of unbranched alkanes of at least 4 members (excludes halogenated alkanes) is 25. The van der Waals surface area contributed by atoms with Crippen molar-refractivity contribution in [3.05, 3.63) is 0 Å². The zero-order valence-electron chi connectivity index (χ0n) is 29.9. The van der Waals surface area contributed by atoms with Crippen LogP contribution < -0.4 is 0 Å². The summed E-state index contributed by atoms with van der Waals surface area (Å²) in [4.78, 5) is 24.2. The van der Waals surface area contributed by atoms with E-state index < -0.39 is 6.10 Å². The summed E-state index contributed by atoms with van der Waals surface area (Å²) in [6.07, 6.45) is 36.0. The molecule has 0 heterocycles. The quantitative estimate of drug-likeness (QED) is 0.0561. The van der Waals surface area contributed by atoms with Crippen LogP contribution in [0.3, 0.4) is 0 Å². The summed E-state index contributed by atoms with van der Waals surface area (Å²) in [6, 6.07) is 0. The predicted molar refractivity (Wildman–Crippen MR) is 187 cm³/mol. The van der Waals surface area contributed by atoms with Crippen molar-refractivity contribution >= 4 is 11.9 Å². The molecule has 44 heavy (non-hydrogen) atoms. The maximum absolute atomic E-state index is 12.1. The molecule has 0 aromatic heterocycles. The molecule has 0 aliphatic carbocycles. The summed E-state index contributed by atoms with van der Waals surface area (Å²) in [7, 11) is 0. The van der Waals surface area contributed by atoms with Gasteiger partial charge in [-0.05, 0) is 18.8 Å².